The molecule has 0 aliphatic heterocycles. The van der Waals surface area contributed by atoms with Crippen LogP contribution in [0, 0.1) is 6.92 Å². The largest absolute Gasteiger partial charge is 0.478 e. The van der Waals surface area contributed by atoms with Gasteiger partial charge in [0.1, 0.15) is 11.3 Å². The number of aromatic carboxylic acids is 1. The van der Waals surface area contributed by atoms with Crippen LogP contribution in [0.4, 0.5) is 0 Å². The summed E-state index contributed by atoms with van der Waals surface area (Å²) in [5.41, 5.74) is 2.24. The Bertz CT molecular complexity index is 549. The third kappa shape index (κ3) is 2.75. The highest BCUT2D eigenvalue weighted by atomic mass is 16.4. The lowest BCUT2D eigenvalue weighted by atomic mass is 10.2. The second-order valence-corrected chi connectivity index (χ2v) is 3.93. The zero-order chi connectivity index (χ0) is 13.0. The van der Waals surface area contributed by atoms with E-state index in [4.69, 9.17) is 9.52 Å². The van der Waals surface area contributed by atoms with Gasteiger partial charge in [-0.1, -0.05) is 6.07 Å². The van der Waals surface area contributed by atoms with Crippen molar-refractivity contribution in [2.24, 2.45) is 0 Å². The maximum absolute atomic E-state index is 10.9. The number of rotatable bonds is 5. The van der Waals surface area contributed by atoms with Gasteiger partial charge in [-0.3, -0.25) is 4.98 Å². The lowest BCUT2D eigenvalue weighted by molar-refractivity contribution is 0.0694. The Balaban J connectivity index is 1.95. The first-order valence-corrected chi connectivity index (χ1v) is 5.59. The van der Waals surface area contributed by atoms with E-state index in [2.05, 4.69) is 10.3 Å². The van der Waals surface area contributed by atoms with Crippen LogP contribution in [0.15, 0.2) is 35.1 Å². The normalized spacial score (nSPS) is 10.5. The summed E-state index contributed by atoms with van der Waals surface area (Å²) in [5.74, 6) is -0.550. The first-order chi connectivity index (χ1) is 8.68. The molecule has 2 aromatic rings. The van der Waals surface area contributed by atoms with E-state index in [0.29, 0.717) is 18.8 Å². The van der Waals surface area contributed by atoms with Crippen LogP contribution in [0.1, 0.15) is 27.4 Å². The van der Waals surface area contributed by atoms with Gasteiger partial charge in [0.15, 0.2) is 0 Å². The third-order valence-corrected chi connectivity index (χ3v) is 2.67. The number of nitrogens with one attached hydrogen (secondary N) is 1. The van der Waals surface area contributed by atoms with Gasteiger partial charge in [0.2, 0.25) is 0 Å². The van der Waals surface area contributed by atoms with Gasteiger partial charge in [-0.15, -0.1) is 0 Å². The number of nitrogens with zero attached hydrogens (tertiary/aromatic N) is 1. The van der Waals surface area contributed by atoms with Gasteiger partial charge in [0.25, 0.3) is 0 Å². The van der Waals surface area contributed by atoms with Gasteiger partial charge < -0.3 is 14.8 Å². The Hall–Kier alpha value is -2.14. The number of hydrogen-bond acceptors (Lipinski definition) is 4. The summed E-state index contributed by atoms with van der Waals surface area (Å²) in [6.45, 7) is 2.93. The van der Waals surface area contributed by atoms with Gasteiger partial charge in [-0.25, -0.2) is 4.79 Å². The summed E-state index contributed by atoms with van der Waals surface area (Å²) in [6, 6.07) is 5.32. The van der Waals surface area contributed by atoms with E-state index in [1.807, 2.05) is 19.1 Å². The number of aromatic nitrogens is 1. The third-order valence-electron chi connectivity index (χ3n) is 2.67. The predicted molar refractivity (Wildman–Crippen MR) is 65.2 cm³/mol. The van der Waals surface area contributed by atoms with Crippen LogP contribution in [-0.4, -0.2) is 16.1 Å². The van der Waals surface area contributed by atoms with Crippen molar-refractivity contribution in [3.63, 3.8) is 0 Å². The van der Waals surface area contributed by atoms with Crippen molar-refractivity contribution in [2.45, 2.75) is 20.0 Å². The summed E-state index contributed by atoms with van der Waals surface area (Å²) in [6.07, 6.45) is 3.12. The Labute approximate surface area is 104 Å². The smallest absolute Gasteiger partial charge is 0.339 e. The Morgan fingerprint density at radius 1 is 1.44 bits per heavy atom. The predicted octanol–water partition coefficient (Wildman–Crippen LogP) is 1.97. The number of furan rings is 1. The van der Waals surface area contributed by atoms with Crippen LogP contribution < -0.4 is 5.32 Å². The second kappa shape index (κ2) is 5.46. The SMILES string of the molecule is Cc1cccnc1CNCc1occc1C(=O)O. The van der Waals surface area contributed by atoms with E-state index in [1.54, 1.807) is 6.20 Å². The molecule has 2 N–H and O–H groups in total. The van der Waals surface area contributed by atoms with E-state index in [1.165, 1.54) is 12.3 Å². The fourth-order valence-corrected chi connectivity index (χ4v) is 1.67. The summed E-state index contributed by atoms with van der Waals surface area (Å²) >= 11 is 0. The van der Waals surface area contributed by atoms with Crippen LogP contribution in [-0.2, 0) is 13.1 Å². The second-order valence-electron chi connectivity index (χ2n) is 3.93. The maximum atomic E-state index is 10.9. The molecule has 0 fully saturated rings. The molecule has 0 aliphatic rings. The molecule has 0 aromatic carbocycles. The van der Waals surface area contributed by atoms with Crippen LogP contribution in [0.25, 0.3) is 0 Å². The average Bonchev–Trinajstić information content (AvgIpc) is 2.80. The first-order valence-electron chi connectivity index (χ1n) is 5.59. The zero-order valence-corrected chi connectivity index (χ0v) is 10.0. The van der Waals surface area contributed by atoms with Crippen molar-refractivity contribution >= 4 is 5.97 Å². The molecule has 5 heteroatoms. The number of carboxylic acids is 1. The van der Waals surface area contributed by atoms with E-state index < -0.39 is 5.97 Å². The molecule has 0 spiro atoms. The number of aryl methyl sites for hydroxylation is 1. The molecule has 94 valence electrons. The molecule has 0 saturated carbocycles. The topological polar surface area (TPSA) is 75.4 Å². The molecule has 0 amide bonds. The zero-order valence-electron chi connectivity index (χ0n) is 10.0. The fourth-order valence-electron chi connectivity index (χ4n) is 1.67. The minimum atomic E-state index is -0.977. The fraction of sp³-hybridized carbons (Fsp3) is 0.231. The molecule has 0 bridgehead atoms. The van der Waals surface area contributed by atoms with Crippen LogP contribution >= 0.6 is 0 Å². The summed E-state index contributed by atoms with van der Waals surface area (Å²) in [4.78, 5) is 15.1. The van der Waals surface area contributed by atoms with Gasteiger partial charge in [0.05, 0.1) is 18.5 Å². The molecule has 2 heterocycles. The summed E-state index contributed by atoms with van der Waals surface area (Å²) < 4.78 is 5.13. The number of carbonyl (C=O) groups is 1. The molecule has 0 radical (unpaired) electrons. The van der Waals surface area contributed by atoms with E-state index in [-0.39, 0.29) is 5.56 Å². The van der Waals surface area contributed by atoms with Crippen LogP contribution in [0.3, 0.4) is 0 Å². The molecule has 0 atom stereocenters. The quantitative estimate of drug-likeness (QED) is 0.843. The molecule has 0 aliphatic carbocycles. The molecule has 0 saturated heterocycles. The molecule has 0 unspecified atom stereocenters. The summed E-state index contributed by atoms with van der Waals surface area (Å²) in [5, 5.41) is 12.0. The summed E-state index contributed by atoms with van der Waals surface area (Å²) in [7, 11) is 0. The lowest BCUT2D eigenvalue weighted by Gasteiger charge is -2.05. The minimum absolute atomic E-state index is 0.195. The van der Waals surface area contributed by atoms with E-state index >= 15 is 0 Å². The van der Waals surface area contributed by atoms with Crippen LogP contribution in [0.2, 0.25) is 0 Å². The molecule has 2 rings (SSSR count). The molecule has 5 nitrogen and oxygen atoms in total. The molecular weight excluding hydrogens is 232 g/mol. The Morgan fingerprint density at radius 2 is 2.28 bits per heavy atom. The highest BCUT2D eigenvalue weighted by molar-refractivity contribution is 5.88. The standard InChI is InChI=1S/C13H14N2O3/c1-9-3-2-5-15-11(9)7-14-8-12-10(13(16)17)4-6-18-12/h2-6,14H,7-8H2,1H3,(H,16,17). The van der Waals surface area contributed by atoms with Crippen LogP contribution in [0.5, 0.6) is 0 Å². The Kier molecular flexibility index (Phi) is 3.74. The number of pyridine rings is 1. The van der Waals surface area contributed by atoms with Crippen molar-refractivity contribution in [3.05, 3.63) is 53.2 Å². The minimum Gasteiger partial charge on any atom is -0.478 e. The van der Waals surface area contributed by atoms with Crippen molar-refractivity contribution in [3.8, 4) is 0 Å². The van der Waals surface area contributed by atoms with Gasteiger partial charge in [0, 0.05) is 12.7 Å². The number of hydrogen-bond donors (Lipinski definition) is 2. The number of carboxylic acid groups (broad SMARTS) is 1. The molecule has 18 heavy (non-hydrogen) atoms. The van der Waals surface area contributed by atoms with Crippen molar-refractivity contribution < 1.29 is 14.3 Å². The van der Waals surface area contributed by atoms with Gasteiger partial charge in [-0.05, 0) is 24.6 Å². The lowest BCUT2D eigenvalue weighted by Crippen LogP contribution is -2.15. The maximum Gasteiger partial charge on any atom is 0.339 e. The van der Waals surface area contributed by atoms with Gasteiger partial charge in [-0.2, -0.15) is 0 Å². The van der Waals surface area contributed by atoms with E-state index in [0.717, 1.165) is 11.3 Å². The monoisotopic (exact) mass is 246 g/mol. The van der Waals surface area contributed by atoms with Crippen molar-refractivity contribution in [2.75, 3.05) is 0 Å². The van der Waals surface area contributed by atoms with Crippen molar-refractivity contribution in [1.82, 2.24) is 10.3 Å². The Morgan fingerprint density at radius 3 is 3.00 bits per heavy atom. The van der Waals surface area contributed by atoms with Crippen molar-refractivity contribution in [1.29, 1.82) is 0 Å². The average molecular weight is 246 g/mol. The highest BCUT2D eigenvalue weighted by Gasteiger charge is 2.12. The molecule has 2 aromatic heterocycles. The molecular formula is C13H14N2O3. The first kappa shape index (κ1) is 12.3. The van der Waals surface area contributed by atoms with Gasteiger partial charge >= 0.3 is 5.97 Å². The van der Waals surface area contributed by atoms with E-state index in [9.17, 15) is 4.79 Å². The highest BCUT2D eigenvalue weighted by Crippen LogP contribution is 2.10.